The van der Waals surface area contributed by atoms with E-state index in [0.29, 0.717) is 17.5 Å². The van der Waals surface area contributed by atoms with E-state index in [-0.39, 0.29) is 0 Å². The Labute approximate surface area is 228 Å². The molecule has 0 aliphatic carbocycles. The summed E-state index contributed by atoms with van der Waals surface area (Å²) < 4.78 is 3.36. The highest BCUT2D eigenvalue weighted by Crippen LogP contribution is 2.35. The van der Waals surface area contributed by atoms with Gasteiger partial charge < -0.3 is 4.57 Å². The first-order chi connectivity index (χ1) is 18.7. The van der Waals surface area contributed by atoms with Crippen LogP contribution in [0.3, 0.4) is 0 Å². The molecule has 0 amide bonds. The van der Waals surface area contributed by atoms with Crippen LogP contribution in [0.4, 0.5) is 0 Å². The highest BCUT2D eigenvalue weighted by Gasteiger charge is 2.16. The second kappa shape index (κ2) is 9.36. The van der Waals surface area contributed by atoms with Crippen molar-refractivity contribution in [1.29, 1.82) is 0 Å². The van der Waals surface area contributed by atoms with Crippen LogP contribution < -0.4 is 0 Å². The first-order valence-electron chi connectivity index (χ1n) is 12.4. The minimum Gasteiger partial charge on any atom is -0.309 e. The lowest BCUT2D eigenvalue weighted by Crippen LogP contribution is -2.00. The topological polar surface area (TPSA) is 43.6 Å². The summed E-state index contributed by atoms with van der Waals surface area (Å²) in [5.74, 6) is 1.97. The summed E-state index contributed by atoms with van der Waals surface area (Å²) in [5, 5.41) is 2.34. The summed E-state index contributed by atoms with van der Waals surface area (Å²) in [6, 6.07) is 43.5. The fourth-order valence-electron chi connectivity index (χ4n) is 4.92. The summed E-state index contributed by atoms with van der Waals surface area (Å²) in [6.45, 7) is 0. The number of para-hydroxylation sites is 1. The van der Waals surface area contributed by atoms with Crippen LogP contribution in [0, 0.1) is 0 Å². The summed E-state index contributed by atoms with van der Waals surface area (Å²) in [7, 11) is 0. The monoisotopic (exact) mass is 552 g/mol. The van der Waals surface area contributed by atoms with Crippen LogP contribution in [0.5, 0.6) is 0 Å². The lowest BCUT2D eigenvalue weighted by Gasteiger charge is -2.10. The largest absolute Gasteiger partial charge is 0.309 e. The Kier molecular flexibility index (Phi) is 5.56. The Balaban J connectivity index is 1.45. The maximum Gasteiger partial charge on any atom is 0.164 e. The zero-order chi connectivity index (χ0) is 25.5. The van der Waals surface area contributed by atoms with Crippen molar-refractivity contribution in [2.24, 2.45) is 0 Å². The van der Waals surface area contributed by atoms with E-state index < -0.39 is 0 Å². The molecule has 0 radical (unpaired) electrons. The molecule has 0 fully saturated rings. The summed E-state index contributed by atoms with van der Waals surface area (Å²) in [4.78, 5) is 14.7. The number of hydrogen-bond donors (Lipinski definition) is 0. The molecule has 0 aliphatic rings. The van der Waals surface area contributed by atoms with Crippen molar-refractivity contribution in [3.05, 3.63) is 132 Å². The molecule has 4 nitrogen and oxygen atoms in total. The van der Waals surface area contributed by atoms with Crippen molar-refractivity contribution in [2.45, 2.75) is 0 Å². The lowest BCUT2D eigenvalue weighted by atomic mass is 10.1. The molecule has 38 heavy (non-hydrogen) atoms. The number of hydrogen-bond acceptors (Lipinski definition) is 3. The van der Waals surface area contributed by atoms with Gasteiger partial charge in [0.05, 0.1) is 11.0 Å². The Bertz CT molecular complexity index is 1850. The van der Waals surface area contributed by atoms with E-state index in [1.807, 2.05) is 60.7 Å². The summed E-state index contributed by atoms with van der Waals surface area (Å²) in [5.41, 5.74) is 6.28. The van der Waals surface area contributed by atoms with E-state index >= 15 is 0 Å². The molecule has 0 saturated carbocycles. The van der Waals surface area contributed by atoms with Crippen molar-refractivity contribution in [2.75, 3.05) is 0 Å². The predicted molar refractivity (Wildman–Crippen MR) is 158 cm³/mol. The molecule has 0 spiro atoms. The van der Waals surface area contributed by atoms with Crippen molar-refractivity contribution in [3.8, 4) is 39.9 Å². The average Bonchev–Trinajstić information content (AvgIpc) is 3.32. The van der Waals surface area contributed by atoms with Gasteiger partial charge in [-0.1, -0.05) is 94.8 Å². The molecule has 2 heterocycles. The number of nitrogens with zero attached hydrogens (tertiary/aromatic N) is 4. The molecule has 0 aliphatic heterocycles. The highest BCUT2D eigenvalue weighted by atomic mass is 79.9. The summed E-state index contributed by atoms with van der Waals surface area (Å²) in [6.07, 6.45) is 0. The van der Waals surface area contributed by atoms with E-state index in [2.05, 4.69) is 87.2 Å². The molecule has 7 aromatic rings. The molecular weight excluding hydrogens is 532 g/mol. The number of benzene rings is 5. The molecule has 5 heteroatoms. The van der Waals surface area contributed by atoms with Crippen LogP contribution in [0.25, 0.3) is 61.7 Å². The summed E-state index contributed by atoms with van der Waals surface area (Å²) >= 11 is 3.56. The lowest BCUT2D eigenvalue weighted by molar-refractivity contribution is 1.07. The third kappa shape index (κ3) is 3.98. The zero-order valence-electron chi connectivity index (χ0n) is 20.3. The Hall–Kier alpha value is -4.61. The first kappa shape index (κ1) is 22.6. The van der Waals surface area contributed by atoms with Crippen molar-refractivity contribution >= 4 is 37.7 Å². The third-order valence-corrected chi connectivity index (χ3v) is 7.24. The molecule has 5 aromatic carbocycles. The standard InChI is InChI=1S/C33H21BrN4/c34-25-16-18-26(19-17-25)38-29-14-8-7-13-27(29)28-21-24(15-20-30(28)38)33-36-31(22-9-3-1-4-10-22)35-32(37-33)23-11-5-2-6-12-23/h1-21H. The van der Waals surface area contributed by atoms with Gasteiger partial charge in [0.1, 0.15) is 0 Å². The van der Waals surface area contributed by atoms with Gasteiger partial charge >= 0.3 is 0 Å². The van der Waals surface area contributed by atoms with Gasteiger partial charge in [-0.2, -0.15) is 0 Å². The first-order valence-corrected chi connectivity index (χ1v) is 13.2. The van der Waals surface area contributed by atoms with Crippen LogP contribution in [-0.2, 0) is 0 Å². The van der Waals surface area contributed by atoms with E-state index in [1.165, 1.54) is 5.39 Å². The van der Waals surface area contributed by atoms with Gasteiger partial charge in [0, 0.05) is 37.6 Å². The van der Waals surface area contributed by atoms with Crippen LogP contribution in [-0.4, -0.2) is 19.5 Å². The molecule has 0 bridgehead atoms. The van der Waals surface area contributed by atoms with Gasteiger partial charge in [0.15, 0.2) is 17.5 Å². The number of rotatable bonds is 4. The smallest absolute Gasteiger partial charge is 0.164 e. The van der Waals surface area contributed by atoms with Gasteiger partial charge in [-0.05, 0) is 48.5 Å². The number of aromatic nitrogens is 4. The second-order valence-corrected chi connectivity index (χ2v) is 10.0. The van der Waals surface area contributed by atoms with Crippen LogP contribution in [0.2, 0.25) is 0 Å². The van der Waals surface area contributed by atoms with Crippen LogP contribution in [0.15, 0.2) is 132 Å². The molecule has 0 atom stereocenters. The minimum absolute atomic E-state index is 0.653. The third-order valence-electron chi connectivity index (χ3n) is 6.71. The van der Waals surface area contributed by atoms with Gasteiger partial charge in [0.25, 0.3) is 0 Å². The van der Waals surface area contributed by atoms with Crippen molar-refractivity contribution in [1.82, 2.24) is 19.5 Å². The van der Waals surface area contributed by atoms with E-state index in [4.69, 9.17) is 15.0 Å². The van der Waals surface area contributed by atoms with E-state index in [1.54, 1.807) is 0 Å². The fourth-order valence-corrected chi connectivity index (χ4v) is 5.18. The number of fused-ring (bicyclic) bond motifs is 3. The maximum absolute atomic E-state index is 4.93. The van der Waals surface area contributed by atoms with Crippen LogP contribution >= 0.6 is 15.9 Å². The average molecular weight is 553 g/mol. The van der Waals surface area contributed by atoms with Gasteiger partial charge in [0.2, 0.25) is 0 Å². The predicted octanol–water partition coefficient (Wildman–Crippen LogP) is 8.73. The van der Waals surface area contributed by atoms with Crippen LogP contribution in [0.1, 0.15) is 0 Å². The fraction of sp³-hybridized carbons (Fsp3) is 0. The maximum atomic E-state index is 4.93. The highest BCUT2D eigenvalue weighted by molar-refractivity contribution is 9.10. The second-order valence-electron chi connectivity index (χ2n) is 9.10. The van der Waals surface area contributed by atoms with E-state index in [9.17, 15) is 0 Å². The van der Waals surface area contributed by atoms with Crippen molar-refractivity contribution in [3.63, 3.8) is 0 Å². The molecule has 0 N–H and O–H groups in total. The molecular formula is C33H21BrN4. The molecule has 180 valence electrons. The SMILES string of the molecule is Brc1ccc(-n2c3ccccc3c3cc(-c4nc(-c5ccccc5)nc(-c5ccccc5)n4)ccc32)cc1. The molecule has 0 unspecified atom stereocenters. The Morgan fingerprint density at radius 3 is 1.61 bits per heavy atom. The molecule has 2 aromatic heterocycles. The Morgan fingerprint density at radius 2 is 0.974 bits per heavy atom. The molecule has 0 saturated heterocycles. The normalized spacial score (nSPS) is 11.3. The number of halogens is 1. The minimum atomic E-state index is 0.653. The zero-order valence-corrected chi connectivity index (χ0v) is 21.9. The van der Waals surface area contributed by atoms with E-state index in [0.717, 1.165) is 43.3 Å². The van der Waals surface area contributed by atoms with Gasteiger partial charge in [-0.3, -0.25) is 0 Å². The quantitative estimate of drug-likeness (QED) is 0.219. The Morgan fingerprint density at radius 1 is 0.447 bits per heavy atom. The van der Waals surface area contributed by atoms with Gasteiger partial charge in [-0.25, -0.2) is 15.0 Å². The van der Waals surface area contributed by atoms with Crippen molar-refractivity contribution < 1.29 is 0 Å². The van der Waals surface area contributed by atoms with Gasteiger partial charge in [-0.15, -0.1) is 0 Å². The molecule has 7 rings (SSSR count).